The van der Waals surface area contributed by atoms with E-state index in [-0.39, 0.29) is 0 Å². The largest absolute Gasteiger partial charge is 0.496 e. The molecule has 24 heavy (non-hydrogen) atoms. The SMILES string of the molecule is COCc1cc(/C(C)=N\NC(=O)c2ccc(F)cc2)ccc1OC. The summed E-state index contributed by atoms with van der Waals surface area (Å²) >= 11 is 0. The van der Waals surface area contributed by atoms with Crippen molar-refractivity contribution in [1.82, 2.24) is 5.43 Å². The Hall–Kier alpha value is -2.73. The molecule has 0 atom stereocenters. The molecule has 0 spiro atoms. The third-order valence-corrected chi connectivity index (χ3v) is 3.43. The first kappa shape index (κ1) is 17.6. The number of hydrazone groups is 1. The van der Waals surface area contributed by atoms with E-state index in [9.17, 15) is 9.18 Å². The van der Waals surface area contributed by atoms with E-state index in [4.69, 9.17) is 9.47 Å². The van der Waals surface area contributed by atoms with Crippen molar-refractivity contribution in [3.05, 3.63) is 65.0 Å². The maximum absolute atomic E-state index is 12.9. The molecule has 0 unspecified atom stereocenters. The summed E-state index contributed by atoms with van der Waals surface area (Å²) < 4.78 is 23.3. The smallest absolute Gasteiger partial charge is 0.271 e. The van der Waals surface area contributed by atoms with Crippen molar-refractivity contribution in [3.8, 4) is 5.75 Å². The molecule has 2 aromatic carbocycles. The van der Waals surface area contributed by atoms with Crippen molar-refractivity contribution in [2.24, 2.45) is 5.10 Å². The lowest BCUT2D eigenvalue weighted by Gasteiger charge is -2.10. The Bertz CT molecular complexity index is 742. The topological polar surface area (TPSA) is 59.9 Å². The molecule has 0 fully saturated rings. The Morgan fingerprint density at radius 3 is 2.42 bits per heavy atom. The van der Waals surface area contributed by atoms with E-state index in [0.29, 0.717) is 17.9 Å². The molecule has 0 saturated carbocycles. The highest BCUT2D eigenvalue weighted by molar-refractivity contribution is 6.01. The second-order valence-electron chi connectivity index (χ2n) is 5.10. The van der Waals surface area contributed by atoms with Gasteiger partial charge in [-0.05, 0) is 55.0 Å². The maximum atomic E-state index is 12.9. The number of amides is 1. The van der Waals surface area contributed by atoms with Gasteiger partial charge in [-0.15, -0.1) is 0 Å². The van der Waals surface area contributed by atoms with Crippen LogP contribution in [0.5, 0.6) is 5.75 Å². The average molecular weight is 330 g/mol. The van der Waals surface area contributed by atoms with Crippen LogP contribution in [0.4, 0.5) is 4.39 Å². The number of halogens is 1. The van der Waals surface area contributed by atoms with Crippen molar-refractivity contribution in [1.29, 1.82) is 0 Å². The molecule has 0 aliphatic heterocycles. The number of hydrogen-bond donors (Lipinski definition) is 1. The molecule has 1 amide bonds. The van der Waals surface area contributed by atoms with E-state index in [1.165, 1.54) is 24.3 Å². The van der Waals surface area contributed by atoms with Crippen molar-refractivity contribution in [3.63, 3.8) is 0 Å². The van der Waals surface area contributed by atoms with Gasteiger partial charge >= 0.3 is 0 Å². The van der Waals surface area contributed by atoms with Crippen molar-refractivity contribution < 1.29 is 18.7 Å². The van der Waals surface area contributed by atoms with Crippen molar-refractivity contribution in [2.45, 2.75) is 13.5 Å². The molecule has 0 aliphatic carbocycles. The van der Waals surface area contributed by atoms with Gasteiger partial charge in [-0.3, -0.25) is 4.79 Å². The number of carbonyl (C=O) groups excluding carboxylic acids is 1. The second kappa shape index (κ2) is 8.21. The summed E-state index contributed by atoms with van der Waals surface area (Å²) in [5, 5.41) is 4.09. The minimum atomic E-state index is -0.403. The van der Waals surface area contributed by atoms with Crippen LogP contribution in [0.2, 0.25) is 0 Å². The van der Waals surface area contributed by atoms with Gasteiger partial charge in [0, 0.05) is 18.2 Å². The number of carbonyl (C=O) groups is 1. The Balaban J connectivity index is 2.14. The number of methoxy groups -OCH3 is 2. The van der Waals surface area contributed by atoms with Crippen molar-refractivity contribution in [2.75, 3.05) is 14.2 Å². The maximum Gasteiger partial charge on any atom is 0.271 e. The summed E-state index contributed by atoms with van der Waals surface area (Å²) in [6, 6.07) is 10.8. The lowest BCUT2D eigenvalue weighted by Crippen LogP contribution is -2.19. The molecule has 1 N–H and O–H groups in total. The van der Waals surface area contributed by atoms with Gasteiger partial charge in [0.05, 0.1) is 19.4 Å². The third-order valence-electron chi connectivity index (χ3n) is 3.43. The zero-order valence-electron chi connectivity index (χ0n) is 13.8. The molecule has 2 rings (SSSR count). The fourth-order valence-corrected chi connectivity index (χ4v) is 2.14. The second-order valence-corrected chi connectivity index (χ2v) is 5.10. The lowest BCUT2D eigenvalue weighted by atomic mass is 10.1. The molecule has 0 aliphatic rings. The number of nitrogens with zero attached hydrogens (tertiary/aromatic N) is 1. The number of rotatable bonds is 6. The van der Waals surface area contributed by atoms with Gasteiger partial charge < -0.3 is 9.47 Å². The molecule has 6 heteroatoms. The fourth-order valence-electron chi connectivity index (χ4n) is 2.14. The first-order valence-electron chi connectivity index (χ1n) is 7.31. The van der Waals surface area contributed by atoms with Crippen molar-refractivity contribution >= 4 is 11.6 Å². The van der Waals surface area contributed by atoms with Gasteiger partial charge in [0.25, 0.3) is 5.91 Å². The highest BCUT2D eigenvalue weighted by Gasteiger charge is 2.08. The number of hydrogen-bond acceptors (Lipinski definition) is 4. The predicted molar refractivity (Wildman–Crippen MR) is 89.8 cm³/mol. The van der Waals surface area contributed by atoms with E-state index in [1.807, 2.05) is 18.2 Å². The Kier molecular flexibility index (Phi) is 6.03. The molecular weight excluding hydrogens is 311 g/mol. The van der Waals surface area contributed by atoms with Crippen LogP contribution < -0.4 is 10.2 Å². The normalized spacial score (nSPS) is 11.2. The van der Waals surface area contributed by atoms with Crippen LogP contribution >= 0.6 is 0 Å². The molecule has 5 nitrogen and oxygen atoms in total. The number of ether oxygens (including phenoxy) is 2. The van der Waals surface area contributed by atoms with Gasteiger partial charge in [-0.25, -0.2) is 9.82 Å². The lowest BCUT2D eigenvalue weighted by molar-refractivity contribution is 0.0955. The quantitative estimate of drug-likeness (QED) is 0.654. The van der Waals surface area contributed by atoms with Crippen LogP contribution in [0.3, 0.4) is 0 Å². The summed E-state index contributed by atoms with van der Waals surface area (Å²) in [6.45, 7) is 2.19. The van der Waals surface area contributed by atoms with E-state index in [0.717, 1.165) is 16.9 Å². The van der Waals surface area contributed by atoms with Crippen LogP contribution in [0.15, 0.2) is 47.6 Å². The van der Waals surface area contributed by atoms with E-state index < -0.39 is 11.7 Å². The summed E-state index contributed by atoms with van der Waals surface area (Å²) in [7, 11) is 3.20. The standard InChI is InChI=1S/C18H19FN2O3/c1-12(14-6-9-17(24-3)15(10-14)11-23-2)20-21-18(22)13-4-7-16(19)8-5-13/h4-10H,11H2,1-3H3,(H,21,22)/b20-12-. The third kappa shape index (κ3) is 4.39. The minimum Gasteiger partial charge on any atom is -0.496 e. The monoisotopic (exact) mass is 330 g/mol. The van der Waals surface area contributed by atoms with Crippen LogP contribution in [-0.2, 0) is 11.3 Å². The fraction of sp³-hybridized carbons (Fsp3) is 0.222. The highest BCUT2D eigenvalue weighted by atomic mass is 19.1. The van der Waals surface area contributed by atoms with E-state index in [2.05, 4.69) is 10.5 Å². The van der Waals surface area contributed by atoms with Gasteiger partial charge in [0.15, 0.2) is 0 Å². The Morgan fingerprint density at radius 1 is 1.12 bits per heavy atom. The molecule has 0 bridgehead atoms. The van der Waals surface area contributed by atoms with Crippen LogP contribution in [-0.4, -0.2) is 25.8 Å². The summed E-state index contributed by atoms with van der Waals surface area (Å²) in [6.07, 6.45) is 0. The van der Waals surface area contributed by atoms with E-state index in [1.54, 1.807) is 21.1 Å². The molecule has 2 aromatic rings. The molecular formula is C18H19FN2O3. The van der Waals surface area contributed by atoms with Crippen LogP contribution in [0, 0.1) is 5.82 Å². The van der Waals surface area contributed by atoms with Gasteiger partial charge in [0.2, 0.25) is 0 Å². The molecule has 0 radical (unpaired) electrons. The molecule has 0 aromatic heterocycles. The molecule has 126 valence electrons. The van der Waals surface area contributed by atoms with Crippen LogP contribution in [0.1, 0.15) is 28.4 Å². The van der Waals surface area contributed by atoms with E-state index >= 15 is 0 Å². The minimum absolute atomic E-state index is 0.336. The first-order valence-corrected chi connectivity index (χ1v) is 7.31. The predicted octanol–water partition coefficient (Wildman–Crippen LogP) is 3.13. The zero-order valence-corrected chi connectivity index (χ0v) is 13.8. The Labute approximate surface area is 140 Å². The van der Waals surface area contributed by atoms with Gasteiger partial charge in [0.1, 0.15) is 11.6 Å². The number of nitrogens with one attached hydrogen (secondary N) is 1. The van der Waals surface area contributed by atoms with Gasteiger partial charge in [-0.2, -0.15) is 5.10 Å². The summed E-state index contributed by atoms with van der Waals surface area (Å²) in [5.74, 6) is -0.0705. The Morgan fingerprint density at radius 2 is 1.79 bits per heavy atom. The summed E-state index contributed by atoms with van der Waals surface area (Å²) in [4.78, 5) is 12.0. The first-order chi connectivity index (χ1) is 11.5. The average Bonchev–Trinajstić information content (AvgIpc) is 2.60. The van der Waals surface area contributed by atoms with Gasteiger partial charge in [-0.1, -0.05) is 0 Å². The molecule has 0 heterocycles. The highest BCUT2D eigenvalue weighted by Crippen LogP contribution is 2.21. The van der Waals surface area contributed by atoms with Crippen LogP contribution in [0.25, 0.3) is 0 Å². The molecule has 0 saturated heterocycles. The summed E-state index contributed by atoms with van der Waals surface area (Å²) in [5.41, 5.74) is 5.15. The number of benzene rings is 2. The zero-order chi connectivity index (χ0) is 17.5.